The lowest BCUT2D eigenvalue weighted by Gasteiger charge is -2.41. The van der Waals surface area contributed by atoms with Crippen molar-refractivity contribution in [3.05, 3.63) is 35.9 Å². The normalized spacial score (nSPS) is 19.5. The van der Waals surface area contributed by atoms with E-state index in [4.69, 9.17) is 4.74 Å². The maximum Gasteiger partial charge on any atom is 0.328 e. The van der Waals surface area contributed by atoms with Crippen molar-refractivity contribution < 1.29 is 29.0 Å². The monoisotopic (exact) mass is 616 g/mol. The molecule has 2 N–H and O–H groups in total. The fourth-order valence-electron chi connectivity index (χ4n) is 6.29. The van der Waals surface area contributed by atoms with Gasteiger partial charge in [-0.15, -0.1) is 0 Å². The predicted molar refractivity (Wildman–Crippen MR) is 172 cm³/mol. The van der Waals surface area contributed by atoms with Crippen LogP contribution in [0.1, 0.15) is 73.8 Å². The van der Waals surface area contributed by atoms with Gasteiger partial charge in [0.15, 0.2) is 0 Å². The Morgan fingerprint density at radius 3 is 2.16 bits per heavy atom. The molecule has 2 rings (SSSR count). The second kappa shape index (κ2) is 15.3. The Morgan fingerprint density at radius 2 is 1.66 bits per heavy atom. The van der Waals surface area contributed by atoms with Crippen LogP contribution in [0.3, 0.4) is 0 Å². The van der Waals surface area contributed by atoms with E-state index in [-0.39, 0.29) is 55.1 Å². The lowest BCUT2D eigenvalue weighted by atomic mass is 9.71. The van der Waals surface area contributed by atoms with Gasteiger partial charge in [-0.2, -0.15) is 0 Å². The first-order valence-corrected chi connectivity index (χ1v) is 15.7. The third kappa shape index (κ3) is 9.03. The van der Waals surface area contributed by atoms with Crippen LogP contribution < -0.4 is 5.32 Å². The summed E-state index contributed by atoms with van der Waals surface area (Å²) in [5.41, 5.74) is 0.0707. The van der Waals surface area contributed by atoms with Crippen molar-refractivity contribution in [2.24, 2.45) is 17.3 Å². The highest BCUT2D eigenvalue weighted by Gasteiger charge is 2.42. The van der Waals surface area contributed by atoms with Gasteiger partial charge in [-0.1, -0.05) is 85.7 Å². The molecule has 1 aliphatic rings. The first-order chi connectivity index (χ1) is 20.4. The van der Waals surface area contributed by atoms with Crippen LogP contribution >= 0.6 is 0 Å². The van der Waals surface area contributed by atoms with Gasteiger partial charge in [-0.3, -0.25) is 19.3 Å². The van der Waals surface area contributed by atoms with Gasteiger partial charge in [0.25, 0.3) is 0 Å². The average Bonchev–Trinajstić information content (AvgIpc) is 3.35. The van der Waals surface area contributed by atoms with Crippen LogP contribution in [0.15, 0.2) is 30.3 Å². The molecule has 0 aliphatic carbocycles. The Balaban J connectivity index is 2.21. The number of esters is 1. The minimum Gasteiger partial charge on any atom is -0.467 e. The van der Waals surface area contributed by atoms with Crippen LogP contribution in [0.5, 0.6) is 0 Å². The fourth-order valence-corrected chi connectivity index (χ4v) is 6.29. The van der Waals surface area contributed by atoms with Crippen LogP contribution in [-0.4, -0.2) is 109 Å². The lowest BCUT2D eigenvalue weighted by molar-refractivity contribution is -0.151. The van der Waals surface area contributed by atoms with Gasteiger partial charge in [-0.25, -0.2) is 4.79 Å². The number of benzene rings is 1. The number of aliphatic hydroxyl groups excluding tert-OH is 1. The number of nitrogens with zero attached hydrogens (tertiary/aromatic N) is 3. The summed E-state index contributed by atoms with van der Waals surface area (Å²) in [7, 11) is 4.82. The van der Waals surface area contributed by atoms with Crippen molar-refractivity contribution in [1.82, 2.24) is 20.0 Å². The Bertz CT molecular complexity index is 1130. The van der Waals surface area contributed by atoms with Crippen molar-refractivity contribution in [2.45, 2.75) is 97.9 Å². The number of methoxy groups -OCH3 is 1. The SMILES string of the molecule is CCC(C(=O)N[C@H](C(=O)N(C)[C@H](CN(C)CC(=O)N1C[C@H](O)C[C@H]1C(=O)OC)C(C)C)C(C)(C)C)C(C)(C)c1ccccc1. The molecule has 0 saturated carbocycles. The summed E-state index contributed by atoms with van der Waals surface area (Å²) < 4.78 is 4.83. The number of β-amino-alcohol motifs (C(OH)–C–C–N with tert-alkyl or cyclic N) is 1. The summed E-state index contributed by atoms with van der Waals surface area (Å²) in [5, 5.41) is 13.2. The van der Waals surface area contributed by atoms with Crippen LogP contribution in [0, 0.1) is 17.3 Å². The summed E-state index contributed by atoms with van der Waals surface area (Å²) >= 11 is 0. The molecule has 1 heterocycles. The number of hydrogen-bond donors (Lipinski definition) is 2. The van der Waals surface area contributed by atoms with E-state index in [0.717, 1.165) is 5.56 Å². The van der Waals surface area contributed by atoms with Crippen LogP contribution in [0.2, 0.25) is 0 Å². The van der Waals surface area contributed by atoms with Gasteiger partial charge >= 0.3 is 5.97 Å². The Labute approximate surface area is 264 Å². The van der Waals surface area contributed by atoms with Crippen molar-refractivity contribution >= 4 is 23.7 Å². The Hall–Kier alpha value is -2.98. The van der Waals surface area contributed by atoms with Crippen molar-refractivity contribution in [1.29, 1.82) is 0 Å². The highest BCUT2D eigenvalue weighted by atomic mass is 16.5. The quantitative estimate of drug-likeness (QED) is 0.327. The molecule has 5 atom stereocenters. The molecule has 1 aromatic rings. The molecule has 3 amide bonds. The van der Waals surface area contributed by atoms with Crippen molar-refractivity contribution in [3.8, 4) is 0 Å². The number of rotatable bonds is 13. The molecule has 0 aromatic heterocycles. The Morgan fingerprint density at radius 1 is 1.07 bits per heavy atom. The second-order valence-electron chi connectivity index (χ2n) is 14.3. The van der Waals surface area contributed by atoms with E-state index in [0.29, 0.717) is 13.0 Å². The average molecular weight is 617 g/mol. The first kappa shape index (κ1) is 37.2. The standard InChI is InChI=1S/C34H56N4O6/c1-12-25(34(7,8)23-16-14-13-15-17-23)30(41)35-29(33(4,5)6)31(42)37(10)27(22(2)3)20-36(9)21-28(40)38-19-24(39)18-26(38)32(43)44-11/h13-17,22,24-27,29,39H,12,18-21H2,1-11H3,(H,35,41)/t24-,25?,26+,27-,29-/m1/s1. The summed E-state index contributed by atoms with van der Waals surface area (Å²) in [4.78, 5) is 58.2. The number of likely N-dealkylation sites (tertiary alicyclic amines) is 1. The molecule has 1 fully saturated rings. The molecule has 248 valence electrons. The lowest BCUT2D eigenvalue weighted by Crippen LogP contribution is -2.59. The van der Waals surface area contributed by atoms with E-state index in [9.17, 15) is 24.3 Å². The zero-order valence-corrected chi connectivity index (χ0v) is 28.7. The van der Waals surface area contributed by atoms with E-state index < -0.39 is 35.0 Å². The van der Waals surface area contributed by atoms with Gasteiger partial charge < -0.3 is 25.0 Å². The molecule has 44 heavy (non-hydrogen) atoms. The zero-order valence-electron chi connectivity index (χ0n) is 28.7. The van der Waals surface area contributed by atoms with Gasteiger partial charge in [-0.05, 0) is 30.4 Å². The third-order valence-electron chi connectivity index (χ3n) is 9.10. The molecular weight excluding hydrogens is 560 g/mol. The maximum absolute atomic E-state index is 14.1. The van der Waals surface area contributed by atoms with Crippen molar-refractivity contribution in [2.75, 3.05) is 40.8 Å². The third-order valence-corrected chi connectivity index (χ3v) is 9.10. The molecule has 0 spiro atoms. The van der Waals surface area contributed by atoms with Gasteiger partial charge in [0.2, 0.25) is 17.7 Å². The molecule has 10 heteroatoms. The topological polar surface area (TPSA) is 119 Å². The number of hydrogen-bond acceptors (Lipinski definition) is 7. The highest BCUT2D eigenvalue weighted by Crippen LogP contribution is 2.35. The smallest absolute Gasteiger partial charge is 0.328 e. The molecule has 10 nitrogen and oxygen atoms in total. The maximum atomic E-state index is 14.1. The van der Waals surface area contributed by atoms with Gasteiger partial charge in [0.1, 0.15) is 12.1 Å². The van der Waals surface area contributed by atoms with Gasteiger partial charge in [0, 0.05) is 43.9 Å². The van der Waals surface area contributed by atoms with E-state index in [1.54, 1.807) is 19.0 Å². The second-order valence-corrected chi connectivity index (χ2v) is 14.3. The number of nitrogens with one attached hydrogen (secondary N) is 1. The minimum absolute atomic E-state index is 0.0116. The number of carbonyl (C=O) groups is 4. The summed E-state index contributed by atoms with van der Waals surface area (Å²) in [6.45, 7) is 16.5. The van der Waals surface area contributed by atoms with Gasteiger partial charge in [0.05, 0.1) is 19.8 Å². The molecule has 1 aromatic carbocycles. The van der Waals surface area contributed by atoms with Crippen LogP contribution in [0.25, 0.3) is 0 Å². The van der Waals surface area contributed by atoms with Crippen LogP contribution in [0.4, 0.5) is 0 Å². The zero-order chi connectivity index (χ0) is 33.6. The molecule has 1 aliphatic heterocycles. The van der Waals surface area contributed by atoms with E-state index in [1.807, 2.05) is 76.8 Å². The molecule has 0 bridgehead atoms. The Kier molecular flexibility index (Phi) is 13.0. The molecule has 1 unspecified atom stereocenters. The predicted octanol–water partition coefficient (Wildman–Crippen LogP) is 3.07. The fraction of sp³-hybridized carbons (Fsp3) is 0.706. The molecular formula is C34H56N4O6. The van der Waals surface area contributed by atoms with E-state index in [2.05, 4.69) is 19.2 Å². The first-order valence-electron chi connectivity index (χ1n) is 15.7. The summed E-state index contributed by atoms with van der Waals surface area (Å²) in [5.74, 6) is -1.47. The molecule has 1 saturated heterocycles. The largest absolute Gasteiger partial charge is 0.467 e. The summed E-state index contributed by atoms with van der Waals surface area (Å²) in [6, 6.07) is 8.14. The van der Waals surface area contributed by atoms with E-state index in [1.165, 1.54) is 12.0 Å². The number of likely N-dealkylation sites (N-methyl/N-ethyl adjacent to an activating group) is 2. The number of carbonyl (C=O) groups excluding carboxylic acids is 4. The highest BCUT2D eigenvalue weighted by molar-refractivity contribution is 5.90. The number of amides is 3. The number of aliphatic hydroxyl groups is 1. The summed E-state index contributed by atoms with van der Waals surface area (Å²) in [6.07, 6.45) is -0.0157. The van der Waals surface area contributed by atoms with Crippen LogP contribution in [-0.2, 0) is 29.3 Å². The van der Waals surface area contributed by atoms with E-state index >= 15 is 0 Å². The minimum atomic E-state index is -0.809. The molecule has 0 radical (unpaired) electrons. The number of ether oxygens (including phenoxy) is 1. The van der Waals surface area contributed by atoms with Crippen molar-refractivity contribution in [3.63, 3.8) is 0 Å².